The van der Waals surface area contributed by atoms with Crippen LogP contribution >= 0.6 is 0 Å². The molecule has 0 aromatic heterocycles. The Labute approximate surface area is 251 Å². The third-order valence-corrected chi connectivity index (χ3v) is 8.46. The van der Waals surface area contributed by atoms with Gasteiger partial charge in [0.1, 0.15) is 0 Å². The number of benzene rings is 7. The Morgan fingerprint density at radius 3 is 1.74 bits per heavy atom. The van der Waals surface area contributed by atoms with Crippen molar-refractivity contribution in [2.75, 3.05) is 4.90 Å². The van der Waals surface area contributed by atoms with E-state index in [4.69, 9.17) is 0 Å². The summed E-state index contributed by atoms with van der Waals surface area (Å²) in [5, 5.41) is 12.2. The Morgan fingerprint density at radius 1 is 0.395 bits per heavy atom. The molecule has 0 fully saturated rings. The van der Waals surface area contributed by atoms with E-state index in [1.165, 1.54) is 44.2 Å². The Balaban J connectivity index is 1.25. The lowest BCUT2D eigenvalue weighted by molar-refractivity contribution is 1.28. The molecule has 0 unspecified atom stereocenters. The quantitative estimate of drug-likeness (QED) is 0.215. The van der Waals surface area contributed by atoms with E-state index in [1.54, 1.807) is 0 Å². The van der Waals surface area contributed by atoms with E-state index in [9.17, 15) is 5.26 Å². The minimum Gasteiger partial charge on any atom is -0.310 e. The molecule has 0 amide bonds. The van der Waals surface area contributed by atoms with Crippen molar-refractivity contribution in [1.29, 1.82) is 5.26 Å². The van der Waals surface area contributed by atoms with Crippen LogP contribution in [0.5, 0.6) is 0 Å². The predicted octanol–water partition coefficient (Wildman–Crippen LogP) is 11.2. The number of fused-ring (bicyclic) bond motifs is 3. The molecule has 0 saturated heterocycles. The smallest absolute Gasteiger partial charge is 0.0998 e. The minimum atomic E-state index is 0.677. The van der Waals surface area contributed by atoms with Crippen LogP contribution in [0.25, 0.3) is 55.3 Å². The summed E-state index contributed by atoms with van der Waals surface area (Å²) in [5.74, 6) is 0. The molecule has 1 aliphatic carbocycles. The van der Waals surface area contributed by atoms with E-state index in [2.05, 4.69) is 138 Å². The van der Waals surface area contributed by atoms with Crippen molar-refractivity contribution in [2.45, 2.75) is 0 Å². The van der Waals surface area contributed by atoms with Crippen molar-refractivity contribution in [3.05, 3.63) is 163 Å². The lowest BCUT2D eigenvalue weighted by Crippen LogP contribution is -2.09. The molecule has 7 aromatic carbocycles. The topological polar surface area (TPSA) is 27.0 Å². The van der Waals surface area contributed by atoms with Crippen LogP contribution in [0.4, 0.5) is 17.1 Å². The Hall–Kier alpha value is -5.91. The van der Waals surface area contributed by atoms with Gasteiger partial charge in [0.25, 0.3) is 0 Å². The maximum Gasteiger partial charge on any atom is 0.0998 e. The van der Waals surface area contributed by atoms with Crippen LogP contribution in [0, 0.1) is 11.3 Å². The molecule has 0 heterocycles. The summed E-state index contributed by atoms with van der Waals surface area (Å²) >= 11 is 0. The first-order valence-corrected chi connectivity index (χ1v) is 14.5. The summed E-state index contributed by atoms with van der Waals surface area (Å²) in [6, 6.07) is 57.8. The van der Waals surface area contributed by atoms with Crippen molar-refractivity contribution in [2.24, 2.45) is 0 Å². The third-order valence-electron chi connectivity index (χ3n) is 8.46. The summed E-state index contributed by atoms with van der Waals surface area (Å²) in [7, 11) is 0. The zero-order valence-electron chi connectivity index (χ0n) is 23.4. The number of anilines is 3. The van der Waals surface area contributed by atoms with Crippen LogP contribution in [0.15, 0.2) is 158 Å². The predicted molar refractivity (Wildman–Crippen MR) is 179 cm³/mol. The molecule has 8 rings (SSSR count). The number of rotatable bonds is 5. The lowest BCUT2D eigenvalue weighted by atomic mass is 9.94. The fourth-order valence-electron chi connectivity index (χ4n) is 6.52. The molecular weight excluding hydrogens is 520 g/mol. The summed E-state index contributed by atoms with van der Waals surface area (Å²) in [5.41, 5.74) is 13.5. The van der Waals surface area contributed by atoms with Crippen LogP contribution in [-0.2, 0) is 0 Å². The third kappa shape index (κ3) is 4.10. The van der Waals surface area contributed by atoms with Gasteiger partial charge in [0.15, 0.2) is 0 Å². The number of hydrogen-bond donors (Lipinski definition) is 0. The number of para-hydroxylation sites is 1. The van der Waals surface area contributed by atoms with Gasteiger partial charge in [0.2, 0.25) is 0 Å². The minimum absolute atomic E-state index is 0.677. The lowest BCUT2D eigenvalue weighted by Gasteiger charge is -2.26. The van der Waals surface area contributed by atoms with Gasteiger partial charge in [-0.05, 0) is 97.7 Å². The fraction of sp³-hybridized carbons (Fsp3) is 0. The summed E-state index contributed by atoms with van der Waals surface area (Å²) in [6.45, 7) is 0. The van der Waals surface area contributed by atoms with Gasteiger partial charge in [-0.1, -0.05) is 115 Å². The zero-order chi connectivity index (χ0) is 28.8. The Morgan fingerprint density at radius 2 is 0.977 bits per heavy atom. The molecule has 0 N–H and O–H groups in total. The first kappa shape index (κ1) is 24.9. The molecule has 0 saturated carbocycles. The van der Waals surface area contributed by atoms with Crippen LogP contribution in [-0.4, -0.2) is 0 Å². The molecule has 0 atom stereocenters. The van der Waals surface area contributed by atoms with Crippen molar-refractivity contribution >= 4 is 27.8 Å². The summed E-state index contributed by atoms with van der Waals surface area (Å²) in [4.78, 5) is 2.29. The maximum atomic E-state index is 9.63. The van der Waals surface area contributed by atoms with Crippen molar-refractivity contribution in [3.8, 4) is 50.6 Å². The van der Waals surface area contributed by atoms with Gasteiger partial charge in [-0.3, -0.25) is 0 Å². The average molecular weight is 547 g/mol. The molecule has 0 radical (unpaired) electrons. The second-order valence-corrected chi connectivity index (χ2v) is 10.9. The van der Waals surface area contributed by atoms with E-state index in [-0.39, 0.29) is 0 Å². The van der Waals surface area contributed by atoms with E-state index >= 15 is 0 Å². The van der Waals surface area contributed by atoms with E-state index < -0.39 is 0 Å². The zero-order valence-corrected chi connectivity index (χ0v) is 23.4. The molecule has 0 bridgehead atoms. The van der Waals surface area contributed by atoms with E-state index in [0.717, 1.165) is 28.2 Å². The highest BCUT2D eigenvalue weighted by Crippen LogP contribution is 2.49. The average Bonchev–Trinajstić information content (AvgIpc) is 3.41. The van der Waals surface area contributed by atoms with Gasteiger partial charge in [0, 0.05) is 17.1 Å². The molecule has 7 aromatic rings. The molecule has 200 valence electrons. The van der Waals surface area contributed by atoms with Crippen LogP contribution < -0.4 is 4.90 Å². The number of hydrogen-bond acceptors (Lipinski definition) is 2. The summed E-state index contributed by atoms with van der Waals surface area (Å²) < 4.78 is 0. The highest BCUT2D eigenvalue weighted by molar-refractivity contribution is 6.18. The largest absolute Gasteiger partial charge is 0.310 e. The highest BCUT2D eigenvalue weighted by atomic mass is 15.1. The monoisotopic (exact) mass is 546 g/mol. The first-order chi connectivity index (χ1) is 21.3. The van der Waals surface area contributed by atoms with Crippen LogP contribution in [0.1, 0.15) is 5.56 Å². The maximum absolute atomic E-state index is 9.63. The summed E-state index contributed by atoms with van der Waals surface area (Å²) in [6.07, 6.45) is 0. The molecule has 1 aliphatic rings. The van der Waals surface area contributed by atoms with Gasteiger partial charge < -0.3 is 4.90 Å². The van der Waals surface area contributed by atoms with Crippen LogP contribution in [0.3, 0.4) is 0 Å². The number of nitriles is 1. The van der Waals surface area contributed by atoms with Crippen molar-refractivity contribution in [3.63, 3.8) is 0 Å². The second kappa shape index (κ2) is 10.2. The van der Waals surface area contributed by atoms with Gasteiger partial charge in [-0.2, -0.15) is 5.26 Å². The Bertz CT molecular complexity index is 2160. The molecule has 2 nitrogen and oxygen atoms in total. The standard InChI is InChI=1S/C41H26N2/c42-27-30-10-4-5-15-34(30)28-20-22-32(23-21-28)43(31-12-2-1-3-13-31)33-14-8-11-29(26-33)35-24-25-40-37-17-7-6-16-36(37)39-19-9-18-38(35)41(39)40/h1-26H. The molecular formula is C41H26N2. The SMILES string of the molecule is N#Cc1ccccc1-c1ccc(N(c2ccccc2)c2cccc(-c3ccc4c5c(cccc35)-c3ccccc3-4)c2)cc1. The van der Waals surface area contributed by atoms with Gasteiger partial charge in [0.05, 0.1) is 11.6 Å². The van der Waals surface area contributed by atoms with Crippen molar-refractivity contribution in [1.82, 2.24) is 0 Å². The number of nitrogens with zero attached hydrogens (tertiary/aromatic N) is 2. The van der Waals surface area contributed by atoms with Gasteiger partial charge in [-0.15, -0.1) is 0 Å². The van der Waals surface area contributed by atoms with Gasteiger partial charge >= 0.3 is 0 Å². The van der Waals surface area contributed by atoms with Crippen molar-refractivity contribution < 1.29 is 0 Å². The first-order valence-electron chi connectivity index (χ1n) is 14.5. The molecule has 0 spiro atoms. The Kier molecular flexibility index (Phi) is 5.88. The van der Waals surface area contributed by atoms with E-state index in [0.29, 0.717) is 5.56 Å². The molecule has 43 heavy (non-hydrogen) atoms. The van der Waals surface area contributed by atoms with E-state index in [1.807, 2.05) is 30.3 Å². The van der Waals surface area contributed by atoms with Gasteiger partial charge in [-0.25, -0.2) is 0 Å². The highest BCUT2D eigenvalue weighted by Gasteiger charge is 2.22. The molecule has 0 aliphatic heterocycles. The fourth-order valence-corrected chi connectivity index (χ4v) is 6.52. The normalized spacial score (nSPS) is 11.2. The molecule has 2 heteroatoms. The second-order valence-electron chi connectivity index (χ2n) is 10.9. The van der Waals surface area contributed by atoms with Crippen LogP contribution in [0.2, 0.25) is 0 Å².